The number of aliphatic imine (C=N–C) groups is 1. The van der Waals surface area contributed by atoms with Crippen molar-refractivity contribution in [3.05, 3.63) is 29.3 Å². The van der Waals surface area contributed by atoms with Gasteiger partial charge in [0.25, 0.3) is 0 Å². The van der Waals surface area contributed by atoms with Crippen molar-refractivity contribution in [2.45, 2.75) is 6.54 Å². The molecule has 1 heterocycles. The molecule has 1 aliphatic rings. The fourth-order valence-corrected chi connectivity index (χ4v) is 2.19. The SMILES string of the molecule is COC(=O)c1cc(CN=C(N)N2CCOCC2)ccc1OC.I. The van der Waals surface area contributed by atoms with Crippen molar-refractivity contribution in [1.29, 1.82) is 0 Å². The Labute approximate surface area is 152 Å². The van der Waals surface area contributed by atoms with Gasteiger partial charge in [0.1, 0.15) is 11.3 Å². The lowest BCUT2D eigenvalue weighted by molar-refractivity contribution is 0.0597. The van der Waals surface area contributed by atoms with Crippen molar-refractivity contribution in [2.24, 2.45) is 10.7 Å². The van der Waals surface area contributed by atoms with Crippen molar-refractivity contribution >= 4 is 35.9 Å². The zero-order chi connectivity index (χ0) is 15.9. The minimum atomic E-state index is -0.441. The lowest BCUT2D eigenvalue weighted by Gasteiger charge is -2.27. The molecule has 8 heteroatoms. The van der Waals surface area contributed by atoms with Gasteiger partial charge in [0.2, 0.25) is 0 Å². The van der Waals surface area contributed by atoms with Gasteiger partial charge < -0.3 is 24.8 Å². The summed E-state index contributed by atoms with van der Waals surface area (Å²) in [6, 6.07) is 5.28. The summed E-state index contributed by atoms with van der Waals surface area (Å²) in [7, 11) is 2.85. The highest BCUT2D eigenvalue weighted by Crippen LogP contribution is 2.21. The summed E-state index contributed by atoms with van der Waals surface area (Å²) < 4.78 is 15.2. The largest absolute Gasteiger partial charge is 0.496 e. The average molecular weight is 435 g/mol. The zero-order valence-corrected chi connectivity index (χ0v) is 15.6. The molecule has 1 aromatic rings. The van der Waals surface area contributed by atoms with Gasteiger partial charge >= 0.3 is 5.97 Å². The number of nitrogens with zero attached hydrogens (tertiary/aromatic N) is 2. The zero-order valence-electron chi connectivity index (χ0n) is 13.3. The molecule has 2 rings (SSSR count). The smallest absolute Gasteiger partial charge is 0.341 e. The summed E-state index contributed by atoms with van der Waals surface area (Å²) >= 11 is 0. The first kappa shape index (κ1) is 19.5. The molecule has 0 atom stereocenters. The highest BCUT2D eigenvalue weighted by atomic mass is 127. The molecule has 0 saturated carbocycles. The molecule has 0 aromatic heterocycles. The molecule has 1 fully saturated rings. The second-order valence-electron chi connectivity index (χ2n) is 4.80. The van der Waals surface area contributed by atoms with Gasteiger partial charge in [-0.3, -0.25) is 0 Å². The molecule has 7 nitrogen and oxygen atoms in total. The Hall–Kier alpha value is -1.55. The molecule has 1 aliphatic heterocycles. The van der Waals surface area contributed by atoms with Gasteiger partial charge in [0.15, 0.2) is 5.96 Å². The van der Waals surface area contributed by atoms with Crippen molar-refractivity contribution in [1.82, 2.24) is 4.90 Å². The molecule has 0 unspecified atom stereocenters. The number of guanidine groups is 1. The number of ether oxygens (including phenoxy) is 3. The van der Waals surface area contributed by atoms with Gasteiger partial charge in [-0.2, -0.15) is 0 Å². The predicted molar refractivity (Wildman–Crippen MR) is 97.5 cm³/mol. The van der Waals surface area contributed by atoms with E-state index in [1.54, 1.807) is 12.1 Å². The van der Waals surface area contributed by atoms with E-state index < -0.39 is 5.97 Å². The maximum atomic E-state index is 11.7. The van der Waals surface area contributed by atoms with Crippen molar-refractivity contribution < 1.29 is 19.0 Å². The van der Waals surface area contributed by atoms with E-state index in [1.807, 2.05) is 11.0 Å². The summed E-state index contributed by atoms with van der Waals surface area (Å²) in [5, 5.41) is 0. The normalized spacial score (nSPS) is 14.9. The van der Waals surface area contributed by atoms with E-state index in [2.05, 4.69) is 4.99 Å². The van der Waals surface area contributed by atoms with E-state index in [0.29, 0.717) is 37.0 Å². The molecule has 128 valence electrons. The molecule has 0 aliphatic carbocycles. The quantitative estimate of drug-likeness (QED) is 0.332. The lowest BCUT2D eigenvalue weighted by atomic mass is 10.1. The standard InChI is InChI=1S/C15H21N3O4.HI/c1-20-13-4-3-11(9-12(13)14(19)21-2)10-17-15(16)18-5-7-22-8-6-18;/h3-4,9H,5-8,10H2,1-2H3,(H2,16,17);1H. The Morgan fingerprint density at radius 1 is 1.35 bits per heavy atom. The second kappa shape index (κ2) is 9.56. The van der Waals surface area contributed by atoms with Crippen LogP contribution in [0, 0.1) is 0 Å². The maximum absolute atomic E-state index is 11.7. The monoisotopic (exact) mass is 435 g/mol. The lowest BCUT2D eigenvalue weighted by Crippen LogP contribution is -2.44. The number of rotatable bonds is 4. The van der Waals surface area contributed by atoms with Gasteiger partial charge in [-0.1, -0.05) is 6.07 Å². The van der Waals surface area contributed by atoms with Crippen LogP contribution in [0.25, 0.3) is 0 Å². The van der Waals surface area contributed by atoms with E-state index in [4.69, 9.17) is 19.9 Å². The maximum Gasteiger partial charge on any atom is 0.341 e. The van der Waals surface area contributed by atoms with Crippen LogP contribution in [0.5, 0.6) is 5.75 Å². The molecule has 0 spiro atoms. The number of halogens is 1. The van der Waals surface area contributed by atoms with Crippen LogP contribution in [0.4, 0.5) is 0 Å². The Kier molecular flexibility index (Phi) is 8.10. The number of esters is 1. The van der Waals surface area contributed by atoms with Crippen molar-refractivity contribution in [3.8, 4) is 5.75 Å². The van der Waals surface area contributed by atoms with Crippen LogP contribution in [0.1, 0.15) is 15.9 Å². The Bertz CT molecular complexity index is 560. The van der Waals surface area contributed by atoms with Crippen molar-refractivity contribution in [3.63, 3.8) is 0 Å². The number of hydrogen-bond donors (Lipinski definition) is 1. The molecule has 0 amide bonds. The minimum absolute atomic E-state index is 0. The van der Waals surface area contributed by atoms with Gasteiger partial charge in [-0.15, -0.1) is 24.0 Å². The van der Waals surface area contributed by atoms with Crippen LogP contribution < -0.4 is 10.5 Å². The van der Waals surface area contributed by atoms with E-state index in [9.17, 15) is 4.79 Å². The fourth-order valence-electron chi connectivity index (χ4n) is 2.19. The van der Waals surface area contributed by atoms with Crippen LogP contribution in [0.15, 0.2) is 23.2 Å². The number of carbonyl (C=O) groups excluding carboxylic acids is 1. The predicted octanol–water partition coefficient (Wildman–Crippen LogP) is 1.25. The first-order valence-electron chi connectivity index (χ1n) is 7.03. The fraction of sp³-hybridized carbons (Fsp3) is 0.467. The number of methoxy groups -OCH3 is 2. The number of benzene rings is 1. The van der Waals surface area contributed by atoms with Gasteiger partial charge in [0.05, 0.1) is 34.0 Å². The molecular formula is C15H22IN3O4. The summed E-state index contributed by atoms with van der Waals surface area (Å²) in [4.78, 5) is 18.1. The van der Waals surface area contributed by atoms with E-state index >= 15 is 0 Å². The van der Waals surface area contributed by atoms with Crippen LogP contribution in [-0.4, -0.2) is 57.4 Å². The second-order valence-corrected chi connectivity index (χ2v) is 4.80. The Morgan fingerprint density at radius 3 is 2.65 bits per heavy atom. The van der Waals surface area contributed by atoms with Crippen LogP contribution in [0.3, 0.4) is 0 Å². The Morgan fingerprint density at radius 2 is 2.04 bits per heavy atom. The molecule has 0 radical (unpaired) electrons. The van der Waals surface area contributed by atoms with Crippen LogP contribution in [-0.2, 0) is 16.0 Å². The third-order valence-corrected chi connectivity index (χ3v) is 3.43. The molecule has 1 saturated heterocycles. The first-order chi connectivity index (χ1) is 10.7. The number of carbonyl (C=O) groups is 1. The number of morpholine rings is 1. The summed E-state index contributed by atoms with van der Waals surface area (Å²) in [6.07, 6.45) is 0. The summed E-state index contributed by atoms with van der Waals surface area (Å²) in [5.74, 6) is 0.517. The summed E-state index contributed by atoms with van der Waals surface area (Å²) in [5.41, 5.74) is 7.22. The molecule has 0 bridgehead atoms. The summed E-state index contributed by atoms with van der Waals surface area (Å²) in [6.45, 7) is 3.18. The third-order valence-electron chi connectivity index (χ3n) is 3.43. The minimum Gasteiger partial charge on any atom is -0.496 e. The molecule has 1 aromatic carbocycles. The van der Waals surface area contributed by atoms with Gasteiger partial charge in [0, 0.05) is 13.1 Å². The highest BCUT2D eigenvalue weighted by molar-refractivity contribution is 14.0. The number of hydrogen-bond acceptors (Lipinski definition) is 5. The van der Waals surface area contributed by atoms with Gasteiger partial charge in [-0.05, 0) is 17.7 Å². The van der Waals surface area contributed by atoms with Gasteiger partial charge in [-0.25, -0.2) is 9.79 Å². The van der Waals surface area contributed by atoms with Crippen LogP contribution >= 0.6 is 24.0 Å². The van der Waals surface area contributed by atoms with Crippen molar-refractivity contribution in [2.75, 3.05) is 40.5 Å². The molecular weight excluding hydrogens is 413 g/mol. The first-order valence-corrected chi connectivity index (χ1v) is 7.03. The topological polar surface area (TPSA) is 86.4 Å². The Balaban J connectivity index is 0.00000264. The molecule has 23 heavy (non-hydrogen) atoms. The highest BCUT2D eigenvalue weighted by Gasteiger charge is 2.14. The number of nitrogens with two attached hydrogens (primary N) is 1. The van der Waals surface area contributed by atoms with E-state index in [1.165, 1.54) is 14.2 Å². The van der Waals surface area contributed by atoms with Crippen LogP contribution in [0.2, 0.25) is 0 Å². The third kappa shape index (κ3) is 5.24. The van der Waals surface area contributed by atoms with E-state index in [-0.39, 0.29) is 24.0 Å². The average Bonchev–Trinajstić information content (AvgIpc) is 2.59. The van der Waals surface area contributed by atoms with E-state index in [0.717, 1.165) is 18.7 Å². The molecule has 2 N–H and O–H groups in total.